The van der Waals surface area contributed by atoms with E-state index in [2.05, 4.69) is 32.9 Å². The molecule has 1 aromatic carbocycles. The third kappa shape index (κ3) is 7.24. The van der Waals surface area contributed by atoms with Crippen molar-refractivity contribution < 1.29 is 22.8 Å². The summed E-state index contributed by atoms with van der Waals surface area (Å²) in [5.41, 5.74) is 5.09. The quantitative estimate of drug-likeness (QED) is 0.270. The van der Waals surface area contributed by atoms with Gasteiger partial charge in [0.25, 0.3) is 10.1 Å². The van der Waals surface area contributed by atoms with Gasteiger partial charge in [0.15, 0.2) is 11.5 Å². The average molecular weight is 459 g/mol. The number of allylic oxidation sites excluding steroid dienone is 9. The van der Waals surface area contributed by atoms with Crippen molar-refractivity contribution in [1.82, 2.24) is 0 Å². The van der Waals surface area contributed by atoms with Crippen LogP contribution in [0.4, 0.5) is 0 Å². The molecule has 0 radical (unpaired) electrons. The maximum Gasteiger partial charge on any atom is 0.297 e. The second kappa shape index (κ2) is 10.8. The van der Waals surface area contributed by atoms with Crippen molar-refractivity contribution in [2.45, 2.75) is 58.8 Å². The van der Waals surface area contributed by atoms with E-state index < -0.39 is 21.6 Å². The summed E-state index contributed by atoms with van der Waals surface area (Å²) >= 11 is 0. The normalized spacial score (nSPS) is 18.2. The lowest BCUT2D eigenvalue weighted by atomic mass is 9.72. The van der Waals surface area contributed by atoms with Gasteiger partial charge in [-0.1, -0.05) is 67.0 Å². The van der Waals surface area contributed by atoms with E-state index in [1.54, 1.807) is 6.08 Å². The topological polar surface area (TPSA) is 83.8 Å². The zero-order valence-corrected chi connectivity index (χ0v) is 20.4. The molecule has 2 N–H and O–H groups in total. The van der Waals surface area contributed by atoms with E-state index in [4.69, 9.17) is 4.18 Å². The SMILES string of the molecule is CC1=C(/C=C/C(C)=C/C=C/C(C)=C/COS(=O)(=O)c2ccc(O)c(O)c2)C(C)(C)CCC1. The van der Waals surface area contributed by atoms with Gasteiger partial charge >= 0.3 is 0 Å². The van der Waals surface area contributed by atoms with Crippen LogP contribution < -0.4 is 0 Å². The first-order valence-electron chi connectivity index (χ1n) is 10.7. The molecular formula is C26H34O5S. The average Bonchev–Trinajstić information content (AvgIpc) is 2.69. The van der Waals surface area contributed by atoms with Crippen LogP contribution in [0.25, 0.3) is 0 Å². The van der Waals surface area contributed by atoms with E-state index in [0.29, 0.717) is 0 Å². The Morgan fingerprint density at radius 3 is 2.50 bits per heavy atom. The molecule has 174 valence electrons. The Labute approximate surface area is 192 Å². The molecule has 0 heterocycles. The highest BCUT2D eigenvalue weighted by atomic mass is 32.2. The van der Waals surface area contributed by atoms with Gasteiger partial charge in [0.2, 0.25) is 0 Å². The summed E-state index contributed by atoms with van der Waals surface area (Å²) in [6, 6.07) is 3.23. The van der Waals surface area contributed by atoms with E-state index in [1.165, 1.54) is 36.5 Å². The fourth-order valence-corrected chi connectivity index (χ4v) is 4.56. The molecule has 32 heavy (non-hydrogen) atoms. The Balaban J connectivity index is 1.95. The van der Waals surface area contributed by atoms with Crippen LogP contribution in [0.2, 0.25) is 0 Å². The molecule has 2 rings (SSSR count). The van der Waals surface area contributed by atoms with Gasteiger partial charge in [-0.05, 0) is 63.2 Å². The summed E-state index contributed by atoms with van der Waals surface area (Å²) in [4.78, 5) is -0.216. The minimum absolute atomic E-state index is 0.134. The van der Waals surface area contributed by atoms with Gasteiger partial charge in [-0.25, -0.2) is 0 Å². The Hall–Kier alpha value is -2.57. The molecule has 0 aromatic heterocycles. The summed E-state index contributed by atoms with van der Waals surface area (Å²) < 4.78 is 29.3. The largest absolute Gasteiger partial charge is 0.504 e. The zero-order chi connectivity index (χ0) is 23.9. The number of rotatable bonds is 8. The summed E-state index contributed by atoms with van der Waals surface area (Å²) in [6.45, 7) is 10.6. The first-order chi connectivity index (χ1) is 14.9. The van der Waals surface area contributed by atoms with Crippen LogP contribution in [0.15, 0.2) is 81.8 Å². The van der Waals surface area contributed by atoms with Crippen molar-refractivity contribution in [3.63, 3.8) is 0 Å². The highest BCUT2D eigenvalue weighted by molar-refractivity contribution is 7.86. The number of phenols is 2. The third-order valence-electron chi connectivity index (χ3n) is 5.64. The summed E-state index contributed by atoms with van der Waals surface area (Å²) in [5.74, 6) is -0.906. The molecule has 0 spiro atoms. The molecule has 1 aromatic rings. The lowest BCUT2D eigenvalue weighted by Gasteiger charge is -2.32. The van der Waals surface area contributed by atoms with E-state index in [9.17, 15) is 18.6 Å². The van der Waals surface area contributed by atoms with Gasteiger partial charge < -0.3 is 10.2 Å². The van der Waals surface area contributed by atoms with Gasteiger partial charge in [0.1, 0.15) is 0 Å². The molecule has 0 saturated heterocycles. The van der Waals surface area contributed by atoms with Crippen molar-refractivity contribution in [2.24, 2.45) is 5.41 Å². The van der Waals surface area contributed by atoms with Crippen molar-refractivity contribution >= 4 is 10.1 Å². The molecule has 0 amide bonds. The fourth-order valence-electron chi connectivity index (χ4n) is 3.68. The second-order valence-electron chi connectivity index (χ2n) is 8.87. The molecule has 0 unspecified atom stereocenters. The maximum absolute atomic E-state index is 12.2. The van der Waals surface area contributed by atoms with Crippen LogP contribution in [0.5, 0.6) is 11.5 Å². The van der Waals surface area contributed by atoms with E-state index in [0.717, 1.165) is 23.3 Å². The molecule has 5 nitrogen and oxygen atoms in total. The minimum Gasteiger partial charge on any atom is -0.504 e. The molecule has 0 saturated carbocycles. The maximum atomic E-state index is 12.2. The van der Waals surface area contributed by atoms with Gasteiger partial charge in [-0.15, -0.1) is 0 Å². The monoisotopic (exact) mass is 458 g/mol. The molecule has 6 heteroatoms. The Bertz CT molecular complexity index is 1080. The Kier molecular flexibility index (Phi) is 8.70. The Morgan fingerprint density at radius 2 is 1.84 bits per heavy atom. The number of hydrogen-bond donors (Lipinski definition) is 2. The van der Waals surface area contributed by atoms with Crippen molar-refractivity contribution in [2.75, 3.05) is 6.61 Å². The van der Waals surface area contributed by atoms with Gasteiger partial charge in [-0.3, -0.25) is 4.18 Å². The van der Waals surface area contributed by atoms with E-state index >= 15 is 0 Å². The second-order valence-corrected chi connectivity index (χ2v) is 10.5. The number of aromatic hydroxyl groups is 2. The smallest absolute Gasteiger partial charge is 0.297 e. The van der Waals surface area contributed by atoms with E-state index in [-0.39, 0.29) is 16.9 Å². The van der Waals surface area contributed by atoms with Crippen LogP contribution in [0, 0.1) is 5.41 Å². The molecule has 1 aliphatic carbocycles. The van der Waals surface area contributed by atoms with Crippen LogP contribution >= 0.6 is 0 Å². The van der Waals surface area contributed by atoms with Gasteiger partial charge in [0.05, 0.1) is 11.5 Å². The summed E-state index contributed by atoms with van der Waals surface area (Å²) in [5, 5.41) is 18.8. The summed E-state index contributed by atoms with van der Waals surface area (Å²) in [7, 11) is -4.03. The lowest BCUT2D eigenvalue weighted by Crippen LogP contribution is -2.19. The van der Waals surface area contributed by atoms with Crippen LogP contribution in [-0.2, 0) is 14.3 Å². The first kappa shape index (κ1) is 25.7. The number of benzene rings is 1. The van der Waals surface area contributed by atoms with Crippen molar-refractivity contribution in [3.8, 4) is 11.5 Å². The number of hydrogen-bond acceptors (Lipinski definition) is 5. The predicted molar refractivity (Wildman–Crippen MR) is 129 cm³/mol. The molecular weight excluding hydrogens is 424 g/mol. The lowest BCUT2D eigenvalue weighted by molar-refractivity contribution is 0.355. The molecule has 0 aliphatic heterocycles. The van der Waals surface area contributed by atoms with Crippen LogP contribution in [0.3, 0.4) is 0 Å². The standard InChI is InChI=1S/C26H34O5S/c1-19(11-13-23-21(3)10-7-16-26(23,4)5)8-6-9-20(2)15-17-31-32(29,30)22-12-14-24(27)25(28)18-22/h6,8-9,11-15,18,27-28H,7,10,16-17H2,1-5H3/b9-6+,13-11+,19-8+,20-15+. The molecule has 0 atom stereocenters. The predicted octanol–water partition coefficient (Wildman–Crippen LogP) is 6.33. The zero-order valence-electron chi connectivity index (χ0n) is 19.6. The molecule has 0 fully saturated rings. The highest BCUT2D eigenvalue weighted by Gasteiger charge is 2.26. The summed E-state index contributed by atoms with van der Waals surface area (Å²) in [6.07, 6.45) is 15.5. The fraction of sp³-hybridized carbons (Fsp3) is 0.385. The van der Waals surface area contributed by atoms with E-state index in [1.807, 2.05) is 32.1 Å². The van der Waals surface area contributed by atoms with Gasteiger partial charge in [0, 0.05) is 6.07 Å². The molecule has 1 aliphatic rings. The van der Waals surface area contributed by atoms with Crippen LogP contribution in [-0.4, -0.2) is 25.2 Å². The van der Waals surface area contributed by atoms with Gasteiger partial charge in [-0.2, -0.15) is 8.42 Å². The first-order valence-corrected chi connectivity index (χ1v) is 12.1. The highest BCUT2D eigenvalue weighted by Crippen LogP contribution is 2.40. The third-order valence-corrected chi connectivity index (χ3v) is 6.92. The van der Waals surface area contributed by atoms with Crippen LogP contribution in [0.1, 0.15) is 53.9 Å². The molecule has 0 bridgehead atoms. The minimum atomic E-state index is -4.03. The Morgan fingerprint density at radius 1 is 1.12 bits per heavy atom. The van der Waals surface area contributed by atoms with Crippen molar-refractivity contribution in [1.29, 1.82) is 0 Å². The number of phenolic OH excluding ortho intramolecular Hbond substituents is 2. The van der Waals surface area contributed by atoms with Crippen molar-refractivity contribution in [3.05, 3.63) is 76.9 Å².